The molecule has 0 spiro atoms. The average Bonchev–Trinajstić information content (AvgIpc) is 3.40. The molecule has 220 valence electrons. The lowest BCUT2D eigenvalue weighted by Gasteiger charge is -2.26. The fraction of sp³-hybridized carbons (Fsp3) is 0.448. The van der Waals surface area contributed by atoms with Gasteiger partial charge in [-0.2, -0.15) is 4.98 Å². The lowest BCUT2D eigenvalue weighted by molar-refractivity contribution is 0.244. The molecule has 0 amide bonds. The molecule has 1 aliphatic heterocycles. The molecule has 3 N–H and O–H groups in total. The number of halogens is 1. The quantitative estimate of drug-likeness (QED) is 0.267. The van der Waals surface area contributed by atoms with E-state index in [0.717, 1.165) is 44.5 Å². The molecule has 2 aromatic carbocycles. The van der Waals surface area contributed by atoms with E-state index in [4.69, 9.17) is 16.3 Å². The Morgan fingerprint density at radius 2 is 1.85 bits per heavy atom. The molecule has 10 nitrogen and oxygen atoms in total. The topological polar surface area (TPSA) is 112 Å². The van der Waals surface area contributed by atoms with Gasteiger partial charge in [0.15, 0.2) is 5.82 Å². The SMILES string of the molecule is CC(C)Oc1cc(N2CC[C@H](N(C)C)C2)ccc1Nc1ncc(Cl)c(Nc2ccccc2S(=O)(=O)NC2CCC2)n1. The third-order valence-corrected chi connectivity index (χ3v) is 9.29. The van der Waals surface area contributed by atoms with Gasteiger partial charge < -0.3 is 25.2 Å². The number of nitrogens with one attached hydrogen (secondary N) is 3. The van der Waals surface area contributed by atoms with E-state index < -0.39 is 10.0 Å². The van der Waals surface area contributed by atoms with Gasteiger partial charge in [0.1, 0.15) is 15.7 Å². The number of para-hydroxylation sites is 1. The Bertz CT molecular complexity index is 1480. The summed E-state index contributed by atoms with van der Waals surface area (Å²) in [7, 11) is 0.520. The minimum absolute atomic E-state index is 0.0278. The Labute approximate surface area is 247 Å². The summed E-state index contributed by atoms with van der Waals surface area (Å²) in [5, 5.41) is 6.62. The maximum atomic E-state index is 13.1. The van der Waals surface area contributed by atoms with E-state index in [2.05, 4.69) is 55.3 Å². The lowest BCUT2D eigenvalue weighted by atomic mass is 9.94. The number of likely N-dealkylation sites (N-methyl/N-ethyl adjacent to an activating group) is 1. The highest BCUT2D eigenvalue weighted by molar-refractivity contribution is 7.89. The number of benzene rings is 2. The molecule has 41 heavy (non-hydrogen) atoms. The largest absolute Gasteiger partial charge is 0.489 e. The Morgan fingerprint density at radius 3 is 2.54 bits per heavy atom. The summed E-state index contributed by atoms with van der Waals surface area (Å²) in [6.45, 7) is 5.92. The van der Waals surface area contributed by atoms with Crippen molar-refractivity contribution in [1.82, 2.24) is 19.6 Å². The van der Waals surface area contributed by atoms with Gasteiger partial charge in [-0.1, -0.05) is 30.2 Å². The highest BCUT2D eigenvalue weighted by atomic mass is 35.5. The van der Waals surface area contributed by atoms with Crippen LogP contribution in [0.3, 0.4) is 0 Å². The van der Waals surface area contributed by atoms with Gasteiger partial charge in [-0.15, -0.1) is 0 Å². The molecular formula is C29H38ClN7O3S. The van der Waals surface area contributed by atoms with Crippen molar-refractivity contribution in [3.8, 4) is 5.75 Å². The predicted molar refractivity (Wildman–Crippen MR) is 165 cm³/mol. The number of hydrogen-bond acceptors (Lipinski definition) is 9. The van der Waals surface area contributed by atoms with Crippen LogP contribution in [-0.2, 0) is 10.0 Å². The van der Waals surface area contributed by atoms with E-state index in [0.29, 0.717) is 29.1 Å². The summed E-state index contributed by atoms with van der Waals surface area (Å²) < 4.78 is 35.1. The van der Waals surface area contributed by atoms with Crippen molar-refractivity contribution < 1.29 is 13.2 Å². The number of ether oxygens (including phenoxy) is 1. The first-order valence-electron chi connectivity index (χ1n) is 14.0. The van der Waals surface area contributed by atoms with Gasteiger partial charge in [-0.05, 0) is 71.5 Å². The van der Waals surface area contributed by atoms with Crippen LogP contribution in [0.1, 0.15) is 39.5 Å². The van der Waals surface area contributed by atoms with Crippen molar-refractivity contribution in [1.29, 1.82) is 0 Å². The summed E-state index contributed by atoms with van der Waals surface area (Å²) in [4.78, 5) is 13.7. The number of nitrogens with zero attached hydrogens (tertiary/aromatic N) is 4. The molecular weight excluding hydrogens is 562 g/mol. The zero-order valence-corrected chi connectivity index (χ0v) is 25.5. The van der Waals surface area contributed by atoms with Gasteiger partial charge in [-0.25, -0.2) is 18.1 Å². The summed E-state index contributed by atoms with van der Waals surface area (Å²) >= 11 is 6.45. The maximum Gasteiger partial charge on any atom is 0.242 e. The molecule has 2 heterocycles. The summed E-state index contributed by atoms with van der Waals surface area (Å²) in [5.74, 6) is 1.27. The van der Waals surface area contributed by atoms with Gasteiger partial charge in [0, 0.05) is 36.9 Å². The highest BCUT2D eigenvalue weighted by Crippen LogP contribution is 2.35. The zero-order valence-electron chi connectivity index (χ0n) is 23.9. The second-order valence-corrected chi connectivity index (χ2v) is 13.2. The Kier molecular flexibility index (Phi) is 8.88. The molecule has 5 rings (SSSR count). The molecule has 3 aromatic rings. The molecule has 12 heteroatoms. The normalized spacial score (nSPS) is 17.6. The molecule has 1 saturated heterocycles. The van der Waals surface area contributed by atoms with Gasteiger partial charge in [0.25, 0.3) is 0 Å². The highest BCUT2D eigenvalue weighted by Gasteiger charge is 2.27. The Morgan fingerprint density at radius 1 is 1.07 bits per heavy atom. The number of rotatable bonds is 11. The van der Waals surface area contributed by atoms with E-state index in [1.807, 2.05) is 26.0 Å². The second kappa shape index (κ2) is 12.4. The van der Waals surface area contributed by atoms with E-state index in [1.54, 1.807) is 24.3 Å². The second-order valence-electron chi connectivity index (χ2n) is 11.1. The molecule has 2 fully saturated rings. The maximum absolute atomic E-state index is 13.1. The average molecular weight is 600 g/mol. The molecule has 1 saturated carbocycles. The molecule has 0 radical (unpaired) electrons. The van der Waals surface area contributed by atoms with Crippen LogP contribution in [-0.4, -0.2) is 68.7 Å². The summed E-state index contributed by atoms with van der Waals surface area (Å²) in [5.41, 5.74) is 2.19. The number of sulfonamides is 1. The van der Waals surface area contributed by atoms with Crippen molar-refractivity contribution in [3.05, 3.63) is 53.7 Å². The van der Waals surface area contributed by atoms with Gasteiger partial charge in [0.05, 0.1) is 23.7 Å². The van der Waals surface area contributed by atoms with Crippen LogP contribution in [0.5, 0.6) is 5.75 Å². The van der Waals surface area contributed by atoms with Crippen LogP contribution in [0.2, 0.25) is 5.02 Å². The first-order valence-corrected chi connectivity index (χ1v) is 15.8. The van der Waals surface area contributed by atoms with Gasteiger partial charge >= 0.3 is 0 Å². The smallest absolute Gasteiger partial charge is 0.242 e. The van der Waals surface area contributed by atoms with E-state index in [1.165, 1.54) is 6.20 Å². The molecule has 1 aliphatic carbocycles. The summed E-state index contributed by atoms with van der Waals surface area (Å²) in [6, 6.07) is 13.3. The van der Waals surface area contributed by atoms with Crippen molar-refractivity contribution in [2.45, 2.75) is 62.6 Å². The van der Waals surface area contributed by atoms with Crippen LogP contribution >= 0.6 is 11.6 Å². The van der Waals surface area contributed by atoms with Crippen molar-refractivity contribution in [2.75, 3.05) is 42.7 Å². The Balaban J connectivity index is 1.38. The molecule has 0 unspecified atom stereocenters. The minimum atomic E-state index is -3.72. The van der Waals surface area contributed by atoms with E-state index in [-0.39, 0.29) is 27.9 Å². The number of aromatic nitrogens is 2. The minimum Gasteiger partial charge on any atom is -0.489 e. The van der Waals surface area contributed by atoms with Crippen LogP contribution in [0.4, 0.5) is 28.8 Å². The van der Waals surface area contributed by atoms with Crippen molar-refractivity contribution in [2.24, 2.45) is 0 Å². The zero-order chi connectivity index (χ0) is 29.1. The number of anilines is 5. The third kappa shape index (κ3) is 7.03. The molecule has 2 aliphatic rings. The number of hydrogen-bond donors (Lipinski definition) is 3. The standard InChI is InChI=1S/C29H38ClN7O3S/c1-19(2)40-26-16-21(37-15-14-22(18-37)36(3)4)12-13-24(26)33-29-31-17-23(30)28(34-29)32-25-10-5-6-11-27(25)41(38,39)35-20-8-7-9-20/h5-6,10-13,16-17,19-20,22,35H,7-9,14-15,18H2,1-4H3,(H2,31,32,33,34)/t22-/m0/s1. The molecule has 1 aromatic heterocycles. The van der Waals surface area contributed by atoms with Crippen LogP contribution in [0, 0.1) is 0 Å². The first-order chi connectivity index (χ1) is 19.6. The lowest BCUT2D eigenvalue weighted by Crippen LogP contribution is -2.39. The van der Waals surface area contributed by atoms with E-state index in [9.17, 15) is 8.42 Å². The van der Waals surface area contributed by atoms with Crippen LogP contribution in [0.25, 0.3) is 0 Å². The molecule has 1 atom stereocenters. The third-order valence-electron chi connectivity index (χ3n) is 7.43. The monoisotopic (exact) mass is 599 g/mol. The van der Waals surface area contributed by atoms with Crippen molar-refractivity contribution in [3.63, 3.8) is 0 Å². The van der Waals surface area contributed by atoms with Gasteiger partial charge in [-0.3, -0.25) is 0 Å². The summed E-state index contributed by atoms with van der Waals surface area (Å²) in [6.07, 6.45) is 5.28. The van der Waals surface area contributed by atoms with Crippen molar-refractivity contribution >= 4 is 50.5 Å². The van der Waals surface area contributed by atoms with Crippen LogP contribution < -0.4 is 25.0 Å². The van der Waals surface area contributed by atoms with Gasteiger partial charge in [0.2, 0.25) is 16.0 Å². The Hall–Kier alpha value is -3.12. The van der Waals surface area contributed by atoms with Crippen LogP contribution in [0.15, 0.2) is 53.6 Å². The fourth-order valence-electron chi connectivity index (χ4n) is 4.94. The first kappa shape index (κ1) is 29.4. The fourth-order valence-corrected chi connectivity index (χ4v) is 6.54. The molecule has 0 bridgehead atoms. The van der Waals surface area contributed by atoms with E-state index >= 15 is 0 Å². The predicted octanol–water partition coefficient (Wildman–Crippen LogP) is 5.38.